The molecule has 2 atom stereocenters. The van der Waals surface area contributed by atoms with Crippen LogP contribution in [-0.2, 0) is 14.3 Å². The number of aliphatic hydroxyl groups is 1. The molecule has 0 rings (SSSR count). The van der Waals surface area contributed by atoms with Crippen LogP contribution in [0.25, 0.3) is 0 Å². The number of rotatable bonds is 12. The van der Waals surface area contributed by atoms with Gasteiger partial charge in [-0.05, 0) is 19.8 Å². The van der Waals surface area contributed by atoms with Crippen LogP contribution in [0.5, 0.6) is 0 Å². The molecule has 0 bridgehead atoms. The Labute approximate surface area is 116 Å². The molecule has 0 radical (unpaired) electrons. The van der Waals surface area contributed by atoms with Crippen LogP contribution in [0.4, 0.5) is 0 Å². The molecule has 5 heteroatoms. The summed E-state index contributed by atoms with van der Waals surface area (Å²) in [6, 6.07) is -0.00155. The van der Waals surface area contributed by atoms with Crippen molar-refractivity contribution in [2.45, 2.75) is 58.1 Å². The summed E-state index contributed by atoms with van der Waals surface area (Å²) in [5.74, 6) is -0.0346. The minimum absolute atomic E-state index is 0.00155. The van der Waals surface area contributed by atoms with E-state index in [-0.39, 0.29) is 18.1 Å². The van der Waals surface area contributed by atoms with Gasteiger partial charge in [-0.3, -0.25) is 4.79 Å². The second kappa shape index (κ2) is 12.4. The molecular formula is C14H29NO4. The molecule has 19 heavy (non-hydrogen) atoms. The Kier molecular flexibility index (Phi) is 12.0. The number of carbonyl (C=O) groups excluding carboxylic acids is 1. The minimum atomic E-state index is -0.326. The largest absolute Gasteiger partial charge is 0.393 e. The van der Waals surface area contributed by atoms with Gasteiger partial charge in [-0.15, -0.1) is 0 Å². The zero-order valence-corrected chi connectivity index (χ0v) is 12.5. The monoisotopic (exact) mass is 275 g/mol. The van der Waals surface area contributed by atoms with Crippen molar-refractivity contribution in [2.75, 3.05) is 26.9 Å². The van der Waals surface area contributed by atoms with E-state index in [2.05, 4.69) is 12.2 Å². The van der Waals surface area contributed by atoms with Crippen LogP contribution in [0, 0.1) is 0 Å². The number of methoxy groups -OCH3 is 1. The summed E-state index contributed by atoms with van der Waals surface area (Å²) in [5.41, 5.74) is 0. The summed E-state index contributed by atoms with van der Waals surface area (Å²) in [6.07, 6.45) is 3.53. The van der Waals surface area contributed by atoms with Gasteiger partial charge < -0.3 is 19.9 Å². The summed E-state index contributed by atoms with van der Waals surface area (Å²) in [5, 5.41) is 12.6. The Bertz CT molecular complexity index is 223. The van der Waals surface area contributed by atoms with Gasteiger partial charge in [0, 0.05) is 19.6 Å². The maximum Gasteiger partial charge on any atom is 0.222 e. The van der Waals surface area contributed by atoms with Crippen molar-refractivity contribution in [3.8, 4) is 0 Å². The van der Waals surface area contributed by atoms with Crippen LogP contribution in [0.3, 0.4) is 0 Å². The van der Waals surface area contributed by atoms with Crippen molar-refractivity contribution < 1.29 is 19.4 Å². The Morgan fingerprint density at radius 3 is 2.68 bits per heavy atom. The van der Waals surface area contributed by atoms with Gasteiger partial charge in [0.25, 0.3) is 0 Å². The molecule has 0 aliphatic carbocycles. The Morgan fingerprint density at radius 2 is 2.05 bits per heavy atom. The molecule has 1 amide bonds. The van der Waals surface area contributed by atoms with Gasteiger partial charge in [0.15, 0.2) is 0 Å². The molecule has 5 nitrogen and oxygen atoms in total. The maximum absolute atomic E-state index is 11.6. The SMILES string of the molecule is CCCCC(O)CC(C)NC(=O)CCOCCOC. The van der Waals surface area contributed by atoms with Crippen molar-refractivity contribution in [2.24, 2.45) is 0 Å². The highest BCUT2D eigenvalue weighted by Crippen LogP contribution is 2.06. The van der Waals surface area contributed by atoms with E-state index in [4.69, 9.17) is 9.47 Å². The fraction of sp³-hybridized carbons (Fsp3) is 0.929. The summed E-state index contributed by atoms with van der Waals surface area (Å²) in [7, 11) is 1.61. The van der Waals surface area contributed by atoms with Gasteiger partial charge in [0.05, 0.1) is 25.9 Å². The standard InChI is InChI=1S/C14H29NO4/c1-4-5-6-13(16)11-12(2)15-14(17)7-8-19-10-9-18-3/h12-13,16H,4-11H2,1-3H3,(H,15,17). The summed E-state index contributed by atoms with van der Waals surface area (Å²) < 4.78 is 10.1. The van der Waals surface area contributed by atoms with E-state index in [1.807, 2.05) is 6.92 Å². The fourth-order valence-corrected chi connectivity index (χ4v) is 1.78. The highest BCUT2D eigenvalue weighted by Gasteiger charge is 2.12. The molecule has 0 saturated carbocycles. The Balaban J connectivity index is 3.57. The molecule has 0 aromatic heterocycles. The molecule has 2 unspecified atom stereocenters. The molecular weight excluding hydrogens is 246 g/mol. The third-order valence-corrected chi connectivity index (χ3v) is 2.83. The topological polar surface area (TPSA) is 67.8 Å². The molecule has 0 aliphatic rings. The van der Waals surface area contributed by atoms with Crippen LogP contribution in [0.1, 0.15) is 46.0 Å². The van der Waals surface area contributed by atoms with Crippen molar-refractivity contribution in [1.82, 2.24) is 5.32 Å². The molecule has 0 saturated heterocycles. The molecule has 0 aromatic carbocycles. The van der Waals surface area contributed by atoms with Gasteiger partial charge in [-0.2, -0.15) is 0 Å². The number of hydrogen-bond acceptors (Lipinski definition) is 4. The Hall–Kier alpha value is -0.650. The van der Waals surface area contributed by atoms with E-state index in [0.717, 1.165) is 19.3 Å². The zero-order valence-electron chi connectivity index (χ0n) is 12.5. The number of ether oxygens (including phenoxy) is 2. The minimum Gasteiger partial charge on any atom is -0.393 e. The van der Waals surface area contributed by atoms with Crippen molar-refractivity contribution in [1.29, 1.82) is 0 Å². The first kappa shape index (κ1) is 18.4. The lowest BCUT2D eigenvalue weighted by molar-refractivity contribution is -0.123. The highest BCUT2D eigenvalue weighted by atomic mass is 16.5. The van der Waals surface area contributed by atoms with E-state index < -0.39 is 0 Å². The van der Waals surface area contributed by atoms with Gasteiger partial charge in [0.2, 0.25) is 5.91 Å². The van der Waals surface area contributed by atoms with E-state index >= 15 is 0 Å². The Morgan fingerprint density at radius 1 is 1.32 bits per heavy atom. The third-order valence-electron chi connectivity index (χ3n) is 2.83. The molecule has 2 N–H and O–H groups in total. The number of aliphatic hydroxyl groups excluding tert-OH is 1. The average Bonchev–Trinajstić information content (AvgIpc) is 2.35. The molecule has 0 fully saturated rings. The second-order valence-corrected chi connectivity index (χ2v) is 4.86. The predicted molar refractivity (Wildman–Crippen MR) is 75.1 cm³/mol. The van der Waals surface area contributed by atoms with Gasteiger partial charge in [-0.1, -0.05) is 19.8 Å². The van der Waals surface area contributed by atoms with Gasteiger partial charge in [-0.25, -0.2) is 0 Å². The molecule has 0 aromatic rings. The van der Waals surface area contributed by atoms with Crippen LogP contribution < -0.4 is 5.32 Å². The number of hydrogen-bond donors (Lipinski definition) is 2. The number of nitrogens with one attached hydrogen (secondary N) is 1. The van der Waals surface area contributed by atoms with Crippen molar-refractivity contribution in [3.63, 3.8) is 0 Å². The zero-order chi connectivity index (χ0) is 14.5. The first-order valence-corrected chi connectivity index (χ1v) is 7.14. The fourth-order valence-electron chi connectivity index (χ4n) is 1.78. The number of amides is 1. The van der Waals surface area contributed by atoms with Crippen molar-refractivity contribution in [3.05, 3.63) is 0 Å². The summed E-state index contributed by atoms with van der Waals surface area (Å²) in [6.45, 7) is 5.47. The summed E-state index contributed by atoms with van der Waals surface area (Å²) in [4.78, 5) is 11.6. The second-order valence-electron chi connectivity index (χ2n) is 4.86. The van der Waals surface area contributed by atoms with Crippen LogP contribution in [-0.4, -0.2) is 50.1 Å². The first-order chi connectivity index (χ1) is 9.10. The molecule has 0 spiro atoms. The van der Waals surface area contributed by atoms with Crippen LogP contribution in [0.15, 0.2) is 0 Å². The van der Waals surface area contributed by atoms with E-state index in [1.165, 1.54) is 0 Å². The average molecular weight is 275 g/mol. The predicted octanol–water partition coefficient (Wildman–Crippen LogP) is 1.49. The van der Waals surface area contributed by atoms with Gasteiger partial charge in [0.1, 0.15) is 0 Å². The lowest BCUT2D eigenvalue weighted by Gasteiger charge is -2.17. The van der Waals surface area contributed by atoms with Crippen LogP contribution >= 0.6 is 0 Å². The normalized spacial score (nSPS) is 14.1. The van der Waals surface area contributed by atoms with E-state index in [1.54, 1.807) is 7.11 Å². The lowest BCUT2D eigenvalue weighted by atomic mass is 10.1. The number of unbranched alkanes of at least 4 members (excludes halogenated alkanes) is 1. The molecule has 0 heterocycles. The molecule has 114 valence electrons. The smallest absolute Gasteiger partial charge is 0.222 e. The quantitative estimate of drug-likeness (QED) is 0.529. The van der Waals surface area contributed by atoms with E-state index in [9.17, 15) is 9.90 Å². The van der Waals surface area contributed by atoms with Gasteiger partial charge >= 0.3 is 0 Å². The summed E-state index contributed by atoms with van der Waals surface area (Å²) >= 11 is 0. The number of carbonyl (C=O) groups is 1. The highest BCUT2D eigenvalue weighted by molar-refractivity contribution is 5.76. The van der Waals surface area contributed by atoms with E-state index in [0.29, 0.717) is 32.7 Å². The van der Waals surface area contributed by atoms with Crippen LogP contribution in [0.2, 0.25) is 0 Å². The third kappa shape index (κ3) is 12.1. The maximum atomic E-state index is 11.6. The lowest BCUT2D eigenvalue weighted by Crippen LogP contribution is -2.35. The molecule has 0 aliphatic heterocycles. The first-order valence-electron chi connectivity index (χ1n) is 7.14. The van der Waals surface area contributed by atoms with Crippen molar-refractivity contribution >= 4 is 5.91 Å².